The zero-order valence-electron chi connectivity index (χ0n) is 9.20. The van der Waals surface area contributed by atoms with Crippen LogP contribution in [0.5, 0.6) is 0 Å². The van der Waals surface area contributed by atoms with Crippen molar-refractivity contribution >= 4 is 27.7 Å². The first-order valence-electron chi connectivity index (χ1n) is 5.44. The first kappa shape index (κ1) is 12.1. The highest BCUT2D eigenvalue weighted by atomic mass is 79.9. The largest absolute Gasteiger partial charge is 0.354 e. The Morgan fingerprint density at radius 2 is 2.24 bits per heavy atom. The molecule has 1 saturated heterocycles. The molecule has 0 radical (unpaired) electrons. The van der Waals surface area contributed by atoms with E-state index in [1.54, 1.807) is 0 Å². The summed E-state index contributed by atoms with van der Waals surface area (Å²) in [4.78, 5) is 22.7. The molecule has 1 atom stereocenters. The minimum Gasteiger partial charge on any atom is -0.354 e. The molecule has 2 N–H and O–H groups in total. The van der Waals surface area contributed by atoms with Crippen molar-refractivity contribution < 1.29 is 9.59 Å². The molecule has 1 heterocycles. The number of carbonyl (C=O) groups excluding carboxylic acids is 2. The molecule has 1 aromatic rings. The molecular weight excluding hydrogens is 284 g/mol. The first-order chi connectivity index (χ1) is 8.15. The van der Waals surface area contributed by atoms with Crippen molar-refractivity contribution in [2.24, 2.45) is 0 Å². The van der Waals surface area contributed by atoms with E-state index in [0.29, 0.717) is 19.4 Å². The highest BCUT2D eigenvalue weighted by Crippen LogP contribution is 2.16. The normalized spacial score (nSPS) is 18.9. The minimum atomic E-state index is -0.0718. The Hall–Kier alpha value is -1.36. The Morgan fingerprint density at radius 1 is 1.47 bits per heavy atom. The van der Waals surface area contributed by atoms with Crippen LogP contribution in [0.15, 0.2) is 28.7 Å². The van der Waals surface area contributed by atoms with E-state index in [1.807, 2.05) is 24.3 Å². The van der Waals surface area contributed by atoms with Crippen LogP contribution < -0.4 is 10.6 Å². The molecule has 0 saturated carbocycles. The van der Waals surface area contributed by atoms with Gasteiger partial charge in [-0.05, 0) is 11.6 Å². The average Bonchev–Trinajstić information content (AvgIpc) is 2.67. The zero-order valence-corrected chi connectivity index (χ0v) is 10.8. The summed E-state index contributed by atoms with van der Waals surface area (Å²) in [6, 6.07) is 7.54. The fourth-order valence-corrected chi connectivity index (χ4v) is 2.23. The van der Waals surface area contributed by atoms with E-state index in [-0.39, 0.29) is 17.9 Å². The van der Waals surface area contributed by atoms with Crippen LogP contribution in [0, 0.1) is 0 Å². The number of halogens is 1. The fourth-order valence-electron chi connectivity index (χ4n) is 1.80. The molecule has 0 aromatic heterocycles. The predicted octanol–water partition coefficient (Wildman–Crippen LogP) is 0.996. The van der Waals surface area contributed by atoms with Crippen molar-refractivity contribution in [3.05, 3.63) is 34.3 Å². The van der Waals surface area contributed by atoms with Crippen LogP contribution in [0.4, 0.5) is 0 Å². The molecule has 2 rings (SSSR count). The third-order valence-electron chi connectivity index (χ3n) is 2.65. The van der Waals surface area contributed by atoms with E-state index >= 15 is 0 Å². The van der Waals surface area contributed by atoms with E-state index in [1.165, 1.54) is 0 Å². The molecular formula is C12H13BrN2O2. The van der Waals surface area contributed by atoms with Crippen molar-refractivity contribution in [3.8, 4) is 0 Å². The van der Waals surface area contributed by atoms with Gasteiger partial charge in [0.05, 0.1) is 12.5 Å². The minimum absolute atomic E-state index is 0.00353. The maximum atomic E-state index is 11.8. The summed E-state index contributed by atoms with van der Waals surface area (Å²) >= 11 is 3.40. The lowest BCUT2D eigenvalue weighted by molar-refractivity contribution is -0.121. The average molecular weight is 297 g/mol. The van der Waals surface area contributed by atoms with Gasteiger partial charge in [0.15, 0.2) is 0 Å². The molecule has 17 heavy (non-hydrogen) atoms. The van der Waals surface area contributed by atoms with Crippen molar-refractivity contribution in [1.82, 2.24) is 10.6 Å². The van der Waals surface area contributed by atoms with Crippen molar-refractivity contribution in [2.45, 2.75) is 18.9 Å². The van der Waals surface area contributed by atoms with Crippen molar-refractivity contribution in [1.29, 1.82) is 0 Å². The number of rotatable bonds is 3. The molecule has 1 unspecified atom stereocenters. The van der Waals surface area contributed by atoms with E-state index in [2.05, 4.69) is 26.6 Å². The highest BCUT2D eigenvalue weighted by Gasteiger charge is 2.22. The quantitative estimate of drug-likeness (QED) is 0.874. The second-order valence-electron chi connectivity index (χ2n) is 4.04. The van der Waals surface area contributed by atoms with Gasteiger partial charge >= 0.3 is 0 Å². The van der Waals surface area contributed by atoms with E-state index in [4.69, 9.17) is 0 Å². The predicted molar refractivity (Wildman–Crippen MR) is 67.4 cm³/mol. The van der Waals surface area contributed by atoms with Crippen LogP contribution in [0.2, 0.25) is 0 Å². The molecule has 4 nitrogen and oxygen atoms in total. The Kier molecular flexibility index (Phi) is 3.78. The number of hydrogen-bond donors (Lipinski definition) is 2. The summed E-state index contributed by atoms with van der Waals surface area (Å²) in [6.45, 7) is 0.528. The number of benzene rings is 1. The van der Waals surface area contributed by atoms with Crippen molar-refractivity contribution in [3.63, 3.8) is 0 Å². The number of carbonyl (C=O) groups is 2. The monoisotopic (exact) mass is 296 g/mol. The lowest BCUT2D eigenvalue weighted by atomic mass is 10.1. The molecule has 1 fully saturated rings. The third-order valence-corrected chi connectivity index (χ3v) is 3.43. The summed E-state index contributed by atoms with van der Waals surface area (Å²) in [6.07, 6.45) is 0.702. The maximum absolute atomic E-state index is 11.8. The van der Waals surface area contributed by atoms with Gasteiger partial charge in [0, 0.05) is 17.4 Å². The van der Waals surface area contributed by atoms with Crippen LogP contribution in [0.1, 0.15) is 12.0 Å². The van der Waals surface area contributed by atoms with Gasteiger partial charge < -0.3 is 10.6 Å². The lowest BCUT2D eigenvalue weighted by Crippen LogP contribution is -2.37. The topological polar surface area (TPSA) is 58.2 Å². The molecule has 0 bridgehead atoms. The van der Waals surface area contributed by atoms with Gasteiger partial charge in [-0.15, -0.1) is 0 Å². The van der Waals surface area contributed by atoms with Gasteiger partial charge in [0.25, 0.3) is 0 Å². The highest BCUT2D eigenvalue weighted by molar-refractivity contribution is 9.10. The van der Waals surface area contributed by atoms with Crippen LogP contribution in [0.25, 0.3) is 0 Å². The van der Waals surface area contributed by atoms with Crippen LogP contribution in [0.3, 0.4) is 0 Å². The molecule has 1 aromatic carbocycles. The smallest absolute Gasteiger partial charge is 0.224 e. The standard InChI is InChI=1S/C12H13BrN2O2/c13-10-4-2-1-3-8(10)5-12(17)15-9-6-11(16)14-7-9/h1-4,9H,5-7H2,(H,14,16)(H,15,17). The van der Waals surface area contributed by atoms with E-state index < -0.39 is 0 Å². The second kappa shape index (κ2) is 5.31. The van der Waals surface area contributed by atoms with Gasteiger partial charge in [-0.2, -0.15) is 0 Å². The second-order valence-corrected chi connectivity index (χ2v) is 4.90. The molecule has 0 spiro atoms. The van der Waals surface area contributed by atoms with Gasteiger partial charge in [0.1, 0.15) is 0 Å². The molecule has 90 valence electrons. The summed E-state index contributed by atoms with van der Waals surface area (Å²) in [5.41, 5.74) is 0.947. The van der Waals surface area contributed by atoms with Crippen LogP contribution >= 0.6 is 15.9 Å². The number of amides is 2. The Labute approximate surface area is 108 Å². The zero-order chi connectivity index (χ0) is 12.3. The molecule has 2 amide bonds. The third kappa shape index (κ3) is 3.30. The van der Waals surface area contributed by atoms with E-state index in [0.717, 1.165) is 10.0 Å². The van der Waals surface area contributed by atoms with E-state index in [9.17, 15) is 9.59 Å². The fraction of sp³-hybridized carbons (Fsp3) is 0.333. The summed E-state index contributed by atoms with van der Waals surface area (Å²) in [7, 11) is 0. The van der Waals surface area contributed by atoms with Gasteiger partial charge in [-0.3, -0.25) is 9.59 Å². The van der Waals surface area contributed by atoms with Gasteiger partial charge in [0.2, 0.25) is 11.8 Å². The molecule has 1 aliphatic rings. The molecule has 1 aliphatic heterocycles. The Balaban J connectivity index is 1.89. The maximum Gasteiger partial charge on any atom is 0.224 e. The van der Waals surface area contributed by atoms with Gasteiger partial charge in [-0.25, -0.2) is 0 Å². The Bertz CT molecular complexity index is 448. The number of hydrogen-bond acceptors (Lipinski definition) is 2. The van der Waals surface area contributed by atoms with Crippen LogP contribution in [-0.4, -0.2) is 24.4 Å². The number of nitrogens with one attached hydrogen (secondary N) is 2. The summed E-state index contributed by atoms with van der Waals surface area (Å²) in [5.74, 6) is -0.0606. The van der Waals surface area contributed by atoms with Crippen molar-refractivity contribution in [2.75, 3.05) is 6.54 Å². The Morgan fingerprint density at radius 3 is 2.88 bits per heavy atom. The first-order valence-corrected chi connectivity index (χ1v) is 6.24. The lowest BCUT2D eigenvalue weighted by Gasteiger charge is -2.10. The van der Waals surface area contributed by atoms with Gasteiger partial charge in [-0.1, -0.05) is 34.1 Å². The summed E-state index contributed by atoms with van der Waals surface area (Å²) in [5, 5.41) is 5.53. The summed E-state index contributed by atoms with van der Waals surface area (Å²) < 4.78 is 0.927. The molecule has 5 heteroatoms. The SMILES string of the molecule is O=C1CC(NC(=O)Cc2ccccc2Br)CN1. The van der Waals surface area contributed by atoms with Crippen LogP contribution in [-0.2, 0) is 16.0 Å². The molecule has 0 aliphatic carbocycles.